The molecule has 0 amide bonds. The molecule has 108 valence electrons. The molecule has 2 rings (SSSR count). The normalized spacial score (nSPS) is 10.0. The standard InChI is InChI=1S/C16H19N5/c1-4-7-18-15-12(3)16(20-10-19-15)21-14-8-13(9-17)6-5-11(14)2/h5-6,8,10H,4,7H2,1-3H3,(H2,18,19,20,21). The molecule has 1 aromatic heterocycles. The van der Waals surface area contributed by atoms with Crippen LogP contribution >= 0.6 is 0 Å². The summed E-state index contributed by atoms with van der Waals surface area (Å²) in [5.41, 5.74) is 3.54. The maximum Gasteiger partial charge on any atom is 0.138 e. The zero-order chi connectivity index (χ0) is 15.2. The van der Waals surface area contributed by atoms with Crippen LogP contribution in [0, 0.1) is 25.2 Å². The van der Waals surface area contributed by atoms with Crippen LogP contribution in [0.15, 0.2) is 24.5 Å². The van der Waals surface area contributed by atoms with Gasteiger partial charge in [0.1, 0.15) is 18.0 Å². The maximum absolute atomic E-state index is 9.00. The molecule has 0 saturated heterocycles. The van der Waals surface area contributed by atoms with Gasteiger partial charge in [0.15, 0.2) is 0 Å². The van der Waals surface area contributed by atoms with E-state index >= 15 is 0 Å². The summed E-state index contributed by atoms with van der Waals surface area (Å²) >= 11 is 0. The maximum atomic E-state index is 9.00. The molecule has 21 heavy (non-hydrogen) atoms. The van der Waals surface area contributed by atoms with Crippen LogP contribution in [0.4, 0.5) is 17.3 Å². The first-order chi connectivity index (χ1) is 10.2. The lowest BCUT2D eigenvalue weighted by molar-refractivity contribution is 0.960. The average molecular weight is 281 g/mol. The van der Waals surface area contributed by atoms with Gasteiger partial charge in [-0.1, -0.05) is 13.0 Å². The van der Waals surface area contributed by atoms with Crippen molar-refractivity contribution < 1.29 is 0 Å². The van der Waals surface area contributed by atoms with Gasteiger partial charge < -0.3 is 10.6 Å². The van der Waals surface area contributed by atoms with E-state index in [2.05, 4.69) is 33.6 Å². The van der Waals surface area contributed by atoms with Gasteiger partial charge in [0.2, 0.25) is 0 Å². The summed E-state index contributed by atoms with van der Waals surface area (Å²) < 4.78 is 0. The van der Waals surface area contributed by atoms with E-state index in [9.17, 15) is 0 Å². The number of rotatable bonds is 5. The lowest BCUT2D eigenvalue weighted by Gasteiger charge is -2.14. The summed E-state index contributed by atoms with van der Waals surface area (Å²) in [6.07, 6.45) is 2.58. The molecule has 0 radical (unpaired) electrons. The van der Waals surface area contributed by atoms with E-state index < -0.39 is 0 Å². The van der Waals surface area contributed by atoms with E-state index in [-0.39, 0.29) is 0 Å². The van der Waals surface area contributed by atoms with Crippen molar-refractivity contribution in [1.82, 2.24) is 9.97 Å². The molecular formula is C16H19N5. The molecule has 0 unspecified atom stereocenters. The second-order valence-corrected chi connectivity index (χ2v) is 4.89. The van der Waals surface area contributed by atoms with Gasteiger partial charge >= 0.3 is 0 Å². The van der Waals surface area contributed by atoms with Gasteiger partial charge in [-0.3, -0.25) is 0 Å². The lowest BCUT2D eigenvalue weighted by Crippen LogP contribution is -2.07. The van der Waals surface area contributed by atoms with E-state index in [0.29, 0.717) is 5.56 Å². The van der Waals surface area contributed by atoms with Crippen molar-refractivity contribution in [3.05, 3.63) is 41.2 Å². The third-order valence-corrected chi connectivity index (χ3v) is 3.25. The molecular weight excluding hydrogens is 262 g/mol. The van der Waals surface area contributed by atoms with Crippen molar-refractivity contribution >= 4 is 17.3 Å². The van der Waals surface area contributed by atoms with E-state index in [1.165, 1.54) is 6.33 Å². The highest BCUT2D eigenvalue weighted by Crippen LogP contribution is 2.25. The monoisotopic (exact) mass is 281 g/mol. The predicted molar refractivity (Wildman–Crippen MR) is 84.7 cm³/mol. The number of aryl methyl sites for hydroxylation is 1. The van der Waals surface area contributed by atoms with Crippen molar-refractivity contribution in [2.45, 2.75) is 27.2 Å². The minimum atomic E-state index is 0.624. The number of hydrogen-bond acceptors (Lipinski definition) is 5. The minimum absolute atomic E-state index is 0.624. The summed E-state index contributed by atoms with van der Waals surface area (Å²) in [6.45, 7) is 6.96. The summed E-state index contributed by atoms with van der Waals surface area (Å²) in [7, 11) is 0. The number of nitrogens with zero attached hydrogens (tertiary/aromatic N) is 3. The highest BCUT2D eigenvalue weighted by molar-refractivity contribution is 5.67. The molecule has 0 saturated carbocycles. The summed E-state index contributed by atoms with van der Waals surface area (Å²) in [5.74, 6) is 1.59. The van der Waals surface area contributed by atoms with Gasteiger partial charge in [-0.2, -0.15) is 5.26 Å². The summed E-state index contributed by atoms with van der Waals surface area (Å²) in [5, 5.41) is 15.6. The van der Waals surface area contributed by atoms with Crippen molar-refractivity contribution in [3.8, 4) is 6.07 Å². The Labute approximate surface area is 125 Å². The van der Waals surface area contributed by atoms with Gasteiger partial charge in [-0.25, -0.2) is 9.97 Å². The molecule has 0 bridgehead atoms. The number of aromatic nitrogens is 2. The van der Waals surface area contributed by atoms with Gasteiger partial charge in [0.05, 0.1) is 11.6 Å². The molecule has 0 aliphatic heterocycles. The molecule has 0 aliphatic rings. The van der Waals surface area contributed by atoms with Gasteiger partial charge in [0, 0.05) is 17.8 Å². The number of hydrogen-bond donors (Lipinski definition) is 2. The Bertz CT molecular complexity index is 673. The molecule has 1 aromatic carbocycles. The Morgan fingerprint density at radius 1 is 1.19 bits per heavy atom. The highest BCUT2D eigenvalue weighted by Gasteiger charge is 2.08. The zero-order valence-electron chi connectivity index (χ0n) is 12.6. The smallest absolute Gasteiger partial charge is 0.138 e. The number of nitriles is 1. The van der Waals surface area contributed by atoms with Crippen LogP contribution in [0.1, 0.15) is 30.0 Å². The number of nitrogens with one attached hydrogen (secondary N) is 2. The predicted octanol–water partition coefficient (Wildman–Crippen LogP) is 3.53. The Hall–Kier alpha value is -2.61. The fraction of sp³-hybridized carbons (Fsp3) is 0.312. The first-order valence-electron chi connectivity index (χ1n) is 6.99. The fourth-order valence-electron chi connectivity index (χ4n) is 1.95. The molecule has 0 fully saturated rings. The summed E-state index contributed by atoms with van der Waals surface area (Å²) in [6, 6.07) is 7.71. The molecule has 0 atom stereocenters. The second-order valence-electron chi connectivity index (χ2n) is 4.89. The third-order valence-electron chi connectivity index (χ3n) is 3.25. The Morgan fingerprint density at radius 2 is 1.95 bits per heavy atom. The number of benzene rings is 1. The summed E-state index contributed by atoms with van der Waals surface area (Å²) in [4.78, 5) is 8.55. The van der Waals surface area contributed by atoms with Crippen LogP contribution in [-0.4, -0.2) is 16.5 Å². The van der Waals surface area contributed by atoms with E-state index in [1.54, 1.807) is 0 Å². The Balaban J connectivity index is 2.30. The first-order valence-corrected chi connectivity index (χ1v) is 6.99. The largest absolute Gasteiger partial charge is 0.370 e. The Kier molecular flexibility index (Phi) is 4.72. The van der Waals surface area contributed by atoms with Crippen LogP contribution in [0.5, 0.6) is 0 Å². The average Bonchev–Trinajstić information content (AvgIpc) is 2.50. The van der Waals surface area contributed by atoms with E-state index in [4.69, 9.17) is 5.26 Å². The molecule has 2 N–H and O–H groups in total. The topological polar surface area (TPSA) is 73.6 Å². The zero-order valence-corrected chi connectivity index (χ0v) is 12.6. The highest BCUT2D eigenvalue weighted by atomic mass is 15.1. The molecule has 0 spiro atoms. The van der Waals surface area contributed by atoms with Gasteiger partial charge in [-0.05, 0) is 38.0 Å². The molecule has 2 aromatic rings. The first kappa shape index (κ1) is 14.8. The van der Waals surface area contributed by atoms with Crippen molar-refractivity contribution in [2.24, 2.45) is 0 Å². The number of anilines is 3. The van der Waals surface area contributed by atoms with Crippen LogP contribution < -0.4 is 10.6 Å². The molecule has 5 heteroatoms. The Morgan fingerprint density at radius 3 is 2.67 bits per heavy atom. The SMILES string of the molecule is CCCNc1ncnc(Nc2cc(C#N)ccc2C)c1C. The third kappa shape index (κ3) is 3.48. The van der Waals surface area contributed by atoms with Crippen LogP contribution in [0.2, 0.25) is 0 Å². The van der Waals surface area contributed by atoms with E-state index in [0.717, 1.165) is 41.4 Å². The van der Waals surface area contributed by atoms with E-state index in [1.807, 2.05) is 32.0 Å². The van der Waals surface area contributed by atoms with Crippen LogP contribution in [-0.2, 0) is 0 Å². The lowest BCUT2D eigenvalue weighted by atomic mass is 10.1. The fourth-order valence-corrected chi connectivity index (χ4v) is 1.95. The molecule has 5 nitrogen and oxygen atoms in total. The van der Waals surface area contributed by atoms with Crippen LogP contribution in [0.25, 0.3) is 0 Å². The van der Waals surface area contributed by atoms with Crippen LogP contribution in [0.3, 0.4) is 0 Å². The van der Waals surface area contributed by atoms with Crippen molar-refractivity contribution in [1.29, 1.82) is 5.26 Å². The molecule has 1 heterocycles. The van der Waals surface area contributed by atoms with Crippen molar-refractivity contribution in [2.75, 3.05) is 17.2 Å². The second kappa shape index (κ2) is 6.71. The quantitative estimate of drug-likeness (QED) is 0.877. The van der Waals surface area contributed by atoms with Gasteiger partial charge in [0.25, 0.3) is 0 Å². The minimum Gasteiger partial charge on any atom is -0.370 e. The van der Waals surface area contributed by atoms with Crippen molar-refractivity contribution in [3.63, 3.8) is 0 Å². The van der Waals surface area contributed by atoms with Gasteiger partial charge in [-0.15, -0.1) is 0 Å². The molecule has 0 aliphatic carbocycles.